The van der Waals surface area contributed by atoms with Crippen LogP contribution in [-0.4, -0.2) is 23.2 Å². The van der Waals surface area contributed by atoms with Crippen LogP contribution in [0.3, 0.4) is 0 Å². The number of aromatic nitrogens is 1. The van der Waals surface area contributed by atoms with Gasteiger partial charge in [0.2, 0.25) is 0 Å². The van der Waals surface area contributed by atoms with E-state index in [1.165, 1.54) is 0 Å². The molecule has 0 radical (unpaired) electrons. The molecule has 1 fully saturated rings. The van der Waals surface area contributed by atoms with E-state index in [0.717, 1.165) is 28.5 Å². The first-order valence-electron chi connectivity index (χ1n) is 9.74. The van der Waals surface area contributed by atoms with Crippen molar-refractivity contribution >= 4 is 28.9 Å². The summed E-state index contributed by atoms with van der Waals surface area (Å²) < 4.78 is 12.0. The van der Waals surface area contributed by atoms with Gasteiger partial charge in [-0.25, -0.2) is 4.98 Å². The van der Waals surface area contributed by atoms with Crippen LogP contribution < -0.4 is 21.1 Å². The van der Waals surface area contributed by atoms with Gasteiger partial charge >= 0.3 is 0 Å². The largest absolute Gasteiger partial charge is 0.447 e. The minimum absolute atomic E-state index is 0.117. The van der Waals surface area contributed by atoms with Crippen molar-refractivity contribution in [3.63, 3.8) is 0 Å². The Labute approximate surface area is 179 Å². The molecule has 0 aliphatic carbocycles. The maximum absolute atomic E-state index is 11.5. The molecule has 156 valence electrons. The van der Waals surface area contributed by atoms with Gasteiger partial charge in [-0.1, -0.05) is 18.2 Å². The lowest BCUT2D eigenvalue weighted by Gasteiger charge is -2.38. The number of nitrogen functional groups attached to an aromatic ring is 1. The molecule has 0 unspecified atom stereocenters. The fourth-order valence-electron chi connectivity index (χ4n) is 3.55. The third kappa shape index (κ3) is 4.24. The first kappa shape index (κ1) is 20.2. The number of nitrogens with two attached hydrogens (primary N) is 2. The molecule has 0 bridgehead atoms. The van der Waals surface area contributed by atoms with Gasteiger partial charge in [0, 0.05) is 11.5 Å². The zero-order chi connectivity index (χ0) is 21.1. The molecule has 0 spiro atoms. The summed E-state index contributed by atoms with van der Waals surface area (Å²) in [5.74, 6) is 0.958. The maximum atomic E-state index is 11.5. The second kappa shape index (κ2) is 8.33. The lowest BCUT2D eigenvalue weighted by atomic mass is 10.1. The van der Waals surface area contributed by atoms with E-state index < -0.39 is 11.6 Å². The Morgan fingerprint density at radius 3 is 2.70 bits per heavy atom. The van der Waals surface area contributed by atoms with Crippen LogP contribution in [0.5, 0.6) is 10.8 Å². The number of hydrogen-bond acceptors (Lipinski definition) is 7. The standard InChI is InChI=1S/C22H24N4O3S/c1-22(12-5-13-28-22)26(18-10-9-17(21(24)27)20(23)25-18)14-16-8-11-19(30-16)29-15-6-3-2-4-7-15/h2-4,6-11H,5,12-14H2,1H3,(H2,23,25)(H2,24,27)/t22-/m1/s1. The normalized spacial score (nSPS) is 18.3. The van der Waals surface area contributed by atoms with Gasteiger partial charge in [-0.05, 0) is 56.2 Å². The quantitative estimate of drug-likeness (QED) is 0.590. The van der Waals surface area contributed by atoms with E-state index in [1.807, 2.05) is 42.5 Å². The average Bonchev–Trinajstić information content (AvgIpc) is 3.36. The predicted octanol–water partition coefficient (Wildman–Crippen LogP) is 4.15. The van der Waals surface area contributed by atoms with Gasteiger partial charge in [-0.15, -0.1) is 11.3 Å². The smallest absolute Gasteiger partial charge is 0.252 e. The zero-order valence-electron chi connectivity index (χ0n) is 16.7. The number of pyridine rings is 1. The van der Waals surface area contributed by atoms with E-state index in [1.54, 1.807) is 23.5 Å². The van der Waals surface area contributed by atoms with Crippen LogP contribution in [0.15, 0.2) is 54.6 Å². The lowest BCUT2D eigenvalue weighted by molar-refractivity contribution is 0.0156. The highest BCUT2D eigenvalue weighted by Gasteiger charge is 2.37. The SMILES string of the molecule is C[C@]1(N(Cc2ccc(Oc3ccccc3)s2)c2ccc(C(N)=O)c(N)n2)CCCO1. The molecule has 30 heavy (non-hydrogen) atoms. The van der Waals surface area contributed by atoms with Gasteiger partial charge in [-0.2, -0.15) is 0 Å². The molecule has 1 aliphatic rings. The molecule has 4 N–H and O–H groups in total. The number of carbonyl (C=O) groups excluding carboxylic acids is 1. The Morgan fingerprint density at radius 1 is 1.23 bits per heavy atom. The van der Waals surface area contributed by atoms with Crippen LogP contribution in [0, 0.1) is 0 Å². The van der Waals surface area contributed by atoms with Crippen molar-refractivity contribution in [3.8, 4) is 10.8 Å². The van der Waals surface area contributed by atoms with Crippen LogP contribution >= 0.6 is 11.3 Å². The molecule has 1 amide bonds. The molecule has 1 atom stereocenters. The van der Waals surface area contributed by atoms with Gasteiger partial charge < -0.3 is 25.8 Å². The minimum Gasteiger partial charge on any atom is -0.447 e. The van der Waals surface area contributed by atoms with Crippen molar-refractivity contribution < 1.29 is 14.3 Å². The number of nitrogens with zero attached hydrogens (tertiary/aromatic N) is 2. The van der Waals surface area contributed by atoms with Crippen LogP contribution in [0.1, 0.15) is 35.0 Å². The van der Waals surface area contributed by atoms with Crippen molar-refractivity contribution in [2.75, 3.05) is 17.2 Å². The van der Waals surface area contributed by atoms with E-state index in [-0.39, 0.29) is 11.4 Å². The van der Waals surface area contributed by atoms with Crippen LogP contribution in [0.2, 0.25) is 0 Å². The second-order valence-corrected chi connectivity index (χ2v) is 8.45. The summed E-state index contributed by atoms with van der Waals surface area (Å²) in [6, 6.07) is 17.1. The first-order valence-corrected chi connectivity index (χ1v) is 10.6. The van der Waals surface area contributed by atoms with Crippen molar-refractivity contribution in [2.45, 2.75) is 32.0 Å². The van der Waals surface area contributed by atoms with Crippen molar-refractivity contribution in [1.29, 1.82) is 0 Å². The highest BCUT2D eigenvalue weighted by molar-refractivity contribution is 7.13. The number of benzene rings is 1. The average molecular weight is 425 g/mol. The van der Waals surface area contributed by atoms with E-state index in [9.17, 15) is 4.79 Å². The van der Waals surface area contributed by atoms with Crippen LogP contribution in [-0.2, 0) is 11.3 Å². The Hall–Kier alpha value is -3.10. The van der Waals surface area contributed by atoms with Gasteiger partial charge in [0.15, 0.2) is 5.06 Å². The molecule has 2 aromatic heterocycles. The maximum Gasteiger partial charge on any atom is 0.252 e. The van der Waals surface area contributed by atoms with E-state index in [2.05, 4.69) is 16.8 Å². The number of carbonyl (C=O) groups is 1. The zero-order valence-corrected chi connectivity index (χ0v) is 17.5. The lowest BCUT2D eigenvalue weighted by Crippen LogP contribution is -2.46. The summed E-state index contributed by atoms with van der Waals surface area (Å²) in [5.41, 5.74) is 11.1. The van der Waals surface area contributed by atoms with E-state index in [0.29, 0.717) is 19.0 Å². The summed E-state index contributed by atoms with van der Waals surface area (Å²) in [4.78, 5) is 19.1. The number of anilines is 2. The van der Waals surface area contributed by atoms with Gasteiger partial charge in [0.05, 0.1) is 12.1 Å². The predicted molar refractivity (Wildman–Crippen MR) is 118 cm³/mol. The number of ether oxygens (including phenoxy) is 2. The number of rotatable bonds is 7. The molecule has 0 saturated carbocycles. The van der Waals surface area contributed by atoms with Gasteiger partial charge in [-0.3, -0.25) is 4.79 Å². The number of amides is 1. The van der Waals surface area contributed by atoms with Crippen molar-refractivity contribution in [3.05, 3.63) is 65.0 Å². The first-order chi connectivity index (χ1) is 14.4. The number of primary amides is 1. The fourth-order valence-corrected chi connectivity index (χ4v) is 4.41. The summed E-state index contributed by atoms with van der Waals surface area (Å²) in [6.45, 7) is 3.31. The third-order valence-corrected chi connectivity index (χ3v) is 6.08. The van der Waals surface area contributed by atoms with Gasteiger partial charge in [0.25, 0.3) is 5.91 Å². The second-order valence-electron chi connectivity index (χ2n) is 7.32. The van der Waals surface area contributed by atoms with E-state index >= 15 is 0 Å². The topological polar surface area (TPSA) is 104 Å². The molecular formula is C22H24N4O3S. The van der Waals surface area contributed by atoms with Crippen molar-refractivity contribution in [2.24, 2.45) is 5.73 Å². The van der Waals surface area contributed by atoms with Gasteiger partial charge in [0.1, 0.15) is 23.1 Å². The monoisotopic (exact) mass is 424 g/mol. The summed E-state index contributed by atoms with van der Waals surface area (Å²) in [5, 5.41) is 0.810. The molecule has 3 heterocycles. The Kier molecular flexibility index (Phi) is 5.61. The number of hydrogen-bond donors (Lipinski definition) is 2. The molecular weight excluding hydrogens is 400 g/mol. The van der Waals surface area contributed by atoms with E-state index in [4.69, 9.17) is 20.9 Å². The Bertz CT molecular complexity index is 1030. The molecule has 4 rings (SSSR count). The highest BCUT2D eigenvalue weighted by Crippen LogP contribution is 2.37. The number of thiophene rings is 1. The van der Waals surface area contributed by atoms with Crippen LogP contribution in [0.25, 0.3) is 0 Å². The minimum atomic E-state index is -0.595. The molecule has 1 saturated heterocycles. The summed E-state index contributed by atoms with van der Waals surface area (Å²) in [7, 11) is 0. The fraction of sp³-hybridized carbons (Fsp3) is 0.273. The summed E-state index contributed by atoms with van der Waals surface area (Å²) >= 11 is 1.57. The molecule has 8 heteroatoms. The molecule has 1 aromatic carbocycles. The Balaban J connectivity index is 1.60. The Morgan fingerprint density at radius 2 is 2.03 bits per heavy atom. The molecule has 7 nitrogen and oxygen atoms in total. The molecule has 1 aliphatic heterocycles. The third-order valence-electron chi connectivity index (χ3n) is 5.13. The van der Waals surface area contributed by atoms with Crippen LogP contribution in [0.4, 0.5) is 11.6 Å². The highest BCUT2D eigenvalue weighted by atomic mass is 32.1. The summed E-state index contributed by atoms with van der Waals surface area (Å²) in [6.07, 6.45) is 1.83. The molecule has 3 aromatic rings. The van der Waals surface area contributed by atoms with Crippen molar-refractivity contribution in [1.82, 2.24) is 4.98 Å². The number of para-hydroxylation sites is 1.